The lowest BCUT2D eigenvalue weighted by Gasteiger charge is -2.05. The highest BCUT2D eigenvalue weighted by molar-refractivity contribution is 6.43. The summed E-state index contributed by atoms with van der Waals surface area (Å²) in [4.78, 5) is 69.8. The number of carbonyl (C=O) groups excluding carboxylic acids is 3. The van der Waals surface area contributed by atoms with E-state index < -0.39 is 5.91 Å². The average Bonchev–Trinajstić information content (AvgIpc) is 3.84. The number of nitroso groups, excluding NO2 is 1. The summed E-state index contributed by atoms with van der Waals surface area (Å²) in [5, 5.41) is 49.6. The van der Waals surface area contributed by atoms with Crippen LogP contribution in [0.5, 0.6) is 0 Å². The molecule has 0 bridgehead atoms. The summed E-state index contributed by atoms with van der Waals surface area (Å²) in [6.45, 7) is 2.02. The van der Waals surface area contributed by atoms with E-state index in [2.05, 4.69) is 35.1 Å². The van der Waals surface area contributed by atoms with Crippen molar-refractivity contribution in [3.63, 3.8) is 0 Å². The van der Waals surface area contributed by atoms with Crippen molar-refractivity contribution >= 4 is 57.1 Å². The Morgan fingerprint density at radius 3 is 1.62 bits per heavy atom. The quantitative estimate of drug-likeness (QED) is 0.174. The lowest BCUT2D eigenvalue weighted by atomic mass is 10.0. The molecule has 284 valence electrons. The number of hydrogen-bond acceptors (Lipinski definition) is 15. The molecule has 0 atom stereocenters. The third-order valence-electron chi connectivity index (χ3n) is 9.26. The van der Waals surface area contributed by atoms with Gasteiger partial charge in [-0.15, -0.1) is 4.91 Å². The van der Waals surface area contributed by atoms with Crippen LogP contribution in [-0.2, 0) is 6.42 Å². The van der Waals surface area contributed by atoms with Crippen LogP contribution in [0.3, 0.4) is 0 Å². The van der Waals surface area contributed by atoms with Crippen LogP contribution >= 0.6 is 23.2 Å². The molecule has 4 aliphatic rings. The molecule has 3 heterocycles. The number of ketones is 2. The number of nitrogens with zero attached hydrogens (tertiary/aromatic N) is 11. The number of hydrogen-bond donors (Lipinski definition) is 2. The monoisotopic (exact) mass is 825 g/mol. The van der Waals surface area contributed by atoms with Gasteiger partial charge in [-0.05, 0) is 35.4 Å². The van der Waals surface area contributed by atoms with Crippen LogP contribution in [0, 0.1) is 61.6 Å². The van der Waals surface area contributed by atoms with E-state index in [1.807, 2.05) is 25.1 Å². The summed E-state index contributed by atoms with van der Waals surface area (Å²) < 4.78 is 0. The molecule has 0 saturated heterocycles. The Bertz CT molecular complexity index is 3290. The van der Waals surface area contributed by atoms with Crippen LogP contribution in [0.2, 0.25) is 10.0 Å². The van der Waals surface area contributed by atoms with Crippen molar-refractivity contribution < 1.29 is 14.4 Å². The molecule has 3 N–H and O–H groups in total. The zero-order chi connectivity index (χ0) is 43.0. The van der Waals surface area contributed by atoms with Gasteiger partial charge in [0.15, 0.2) is 28.5 Å². The molecular weight excluding hydrogens is 809 g/mol. The van der Waals surface area contributed by atoms with E-state index in [-0.39, 0.29) is 84.2 Å². The summed E-state index contributed by atoms with van der Waals surface area (Å²) in [5.41, 5.74) is 9.27. The number of rotatable bonds is 3. The molecule has 0 saturated carbocycles. The van der Waals surface area contributed by atoms with Crippen molar-refractivity contribution in [3.8, 4) is 64.2 Å². The van der Waals surface area contributed by atoms with Gasteiger partial charge in [0.25, 0.3) is 5.91 Å². The van der Waals surface area contributed by atoms with Gasteiger partial charge in [-0.3, -0.25) is 14.4 Å². The minimum Gasteiger partial charge on any atom is -0.364 e. The maximum Gasteiger partial charge on any atom is 0.268 e. The highest BCUT2D eigenvalue weighted by Crippen LogP contribution is 2.43. The first-order valence-corrected chi connectivity index (χ1v) is 17.8. The predicted octanol–water partition coefficient (Wildman–Crippen LogP) is 6.77. The van der Waals surface area contributed by atoms with Crippen molar-refractivity contribution in [3.05, 3.63) is 132 Å². The number of aromatic nitrogens is 6. The number of carbonyl (C=O) groups is 3. The number of H-pyrrole nitrogens is 1. The fourth-order valence-corrected chi connectivity index (χ4v) is 6.81. The Hall–Kier alpha value is -8.79. The first-order valence-electron chi connectivity index (χ1n) is 17.1. The molecule has 1 amide bonds. The van der Waals surface area contributed by atoms with Crippen LogP contribution in [0.4, 0.5) is 5.69 Å². The van der Waals surface area contributed by atoms with Gasteiger partial charge in [-0.25, -0.2) is 24.9 Å². The largest absolute Gasteiger partial charge is 0.364 e. The smallest absolute Gasteiger partial charge is 0.268 e. The lowest BCUT2D eigenvalue weighted by molar-refractivity contribution is 0.0992. The number of aromatic amines is 1. The maximum absolute atomic E-state index is 12.3. The number of nitriles is 5. The summed E-state index contributed by atoms with van der Waals surface area (Å²) >= 11 is 11.8. The number of nitrogens with two attached hydrogens (primary N) is 1. The topological polar surface area (TPSA) is 306 Å². The molecule has 2 aromatic heterocycles. The SMILES string of the molecule is CCc1ccc2c(c1)-c1nc(C#N)c(C#N)nc1C2=O.N#Cc1nc2c(N=O)c3ccccc3c-2[nH]c1C(N)=O.N#Cc1nc2c(nc1C#N)-c1cc(Cl)c(Cl)cc1C2=O. The number of amides is 1. The van der Waals surface area contributed by atoms with Crippen LogP contribution < -0.4 is 5.73 Å². The highest BCUT2D eigenvalue weighted by atomic mass is 35.5. The normalized spacial score (nSPS) is 11.2. The van der Waals surface area contributed by atoms with Crippen molar-refractivity contribution in [2.75, 3.05) is 0 Å². The Morgan fingerprint density at radius 2 is 1.12 bits per heavy atom. The van der Waals surface area contributed by atoms with Gasteiger partial charge in [-0.2, -0.15) is 26.3 Å². The minimum atomic E-state index is -0.790. The van der Waals surface area contributed by atoms with Crippen LogP contribution in [0.15, 0.2) is 59.8 Å². The molecule has 17 nitrogen and oxygen atoms in total. The van der Waals surface area contributed by atoms with E-state index in [0.29, 0.717) is 44.4 Å². The zero-order valence-corrected chi connectivity index (χ0v) is 31.8. The molecule has 0 fully saturated rings. The van der Waals surface area contributed by atoms with Crippen LogP contribution in [0.1, 0.15) is 83.5 Å². The molecule has 9 rings (SSSR count). The lowest BCUT2D eigenvalue weighted by Crippen LogP contribution is -2.17. The van der Waals surface area contributed by atoms with E-state index in [0.717, 1.165) is 12.0 Å². The number of fused-ring (bicyclic) bond motifs is 9. The third-order valence-corrected chi connectivity index (χ3v) is 9.99. The Balaban J connectivity index is 0.000000136. The molecule has 1 aliphatic heterocycles. The summed E-state index contributed by atoms with van der Waals surface area (Å²) in [7, 11) is 0. The summed E-state index contributed by atoms with van der Waals surface area (Å²) in [5.74, 6) is -1.42. The fourth-order valence-electron chi connectivity index (χ4n) is 6.49. The highest BCUT2D eigenvalue weighted by Gasteiger charge is 2.33. The van der Waals surface area contributed by atoms with Crippen molar-refractivity contribution in [2.24, 2.45) is 10.9 Å². The van der Waals surface area contributed by atoms with E-state index in [4.69, 9.17) is 55.2 Å². The standard InChI is InChI=1S/C15H8N4O.C13H2Cl2N4O.C13H7N5O2/c1-2-8-3-4-9-10(5-8)13-14(15(9)20)19-12(7-17)11(6-16)18-13;14-7-1-5-6(2-8(7)15)13(20)12-11(5)18-9(3-16)10(4-17)19-12;14-5-8-11(13(15)19)17-9-6-3-1-2-4-7(6)10(18-20)12(9)16-8/h3-5H,2H2,1H3;1-2H;1-4,17H,(H2,15,19). The number of nitrogens with one attached hydrogen (secondary N) is 1. The summed E-state index contributed by atoms with van der Waals surface area (Å²) in [6.07, 6.45) is 0.839. The Morgan fingerprint density at radius 1 is 0.650 bits per heavy atom. The fraction of sp³-hybridized carbons (Fsp3) is 0.0488. The predicted molar refractivity (Wildman–Crippen MR) is 211 cm³/mol. The van der Waals surface area contributed by atoms with E-state index in [9.17, 15) is 19.3 Å². The van der Waals surface area contributed by atoms with E-state index >= 15 is 0 Å². The Labute approximate surface area is 346 Å². The van der Waals surface area contributed by atoms with Gasteiger partial charge in [-0.1, -0.05) is 66.5 Å². The Kier molecular flexibility index (Phi) is 10.3. The van der Waals surface area contributed by atoms with Crippen molar-refractivity contribution in [2.45, 2.75) is 13.3 Å². The first kappa shape index (κ1) is 39.4. The second-order valence-electron chi connectivity index (χ2n) is 12.5. The molecule has 60 heavy (non-hydrogen) atoms. The van der Waals surface area contributed by atoms with E-state index in [1.165, 1.54) is 12.1 Å². The second-order valence-corrected chi connectivity index (χ2v) is 13.3. The molecule has 0 radical (unpaired) electrons. The maximum atomic E-state index is 12.3. The van der Waals surface area contributed by atoms with Gasteiger partial charge in [0, 0.05) is 33.0 Å². The third kappa shape index (κ3) is 6.45. The second kappa shape index (κ2) is 15.6. The van der Waals surface area contributed by atoms with Gasteiger partial charge < -0.3 is 10.7 Å². The molecular formula is C41H17Cl2N13O4. The van der Waals surface area contributed by atoms with Gasteiger partial charge in [0.05, 0.1) is 15.7 Å². The molecule has 5 aromatic rings. The zero-order valence-electron chi connectivity index (χ0n) is 30.3. The molecule has 0 unspecified atom stereocenters. The van der Waals surface area contributed by atoms with E-state index in [1.54, 1.807) is 54.6 Å². The van der Waals surface area contributed by atoms with Gasteiger partial charge in [0.1, 0.15) is 70.2 Å². The van der Waals surface area contributed by atoms with Gasteiger partial charge >= 0.3 is 0 Å². The average molecular weight is 827 g/mol. The number of benzene rings is 3. The first-order chi connectivity index (χ1) is 28.9. The molecule has 19 heteroatoms. The molecule has 0 spiro atoms. The number of aryl methyl sites for hydroxylation is 1. The van der Waals surface area contributed by atoms with Gasteiger partial charge in [0.2, 0.25) is 11.6 Å². The minimum absolute atomic E-state index is 0.0360. The number of halogens is 2. The van der Waals surface area contributed by atoms with Crippen molar-refractivity contribution in [1.29, 1.82) is 26.3 Å². The molecule has 3 aliphatic carbocycles. The molecule has 3 aromatic carbocycles. The number of primary amides is 1. The van der Waals surface area contributed by atoms with Crippen molar-refractivity contribution in [1.82, 2.24) is 29.9 Å². The summed E-state index contributed by atoms with van der Waals surface area (Å²) in [6, 6.07) is 24.4. The van der Waals surface area contributed by atoms with Crippen LogP contribution in [-0.4, -0.2) is 47.4 Å². The van der Waals surface area contributed by atoms with Crippen LogP contribution in [0.25, 0.3) is 44.7 Å².